The molecule has 0 spiro atoms. The molecule has 7 nitrogen and oxygen atoms in total. The van der Waals surface area contributed by atoms with Crippen LogP contribution in [0.15, 0.2) is 18.2 Å². The van der Waals surface area contributed by atoms with Crippen LogP contribution in [0.2, 0.25) is 0 Å². The van der Waals surface area contributed by atoms with Gasteiger partial charge in [-0.25, -0.2) is 4.79 Å². The molecule has 0 bridgehead atoms. The van der Waals surface area contributed by atoms with Crippen LogP contribution in [-0.2, 0) is 4.74 Å². The highest BCUT2D eigenvalue weighted by Gasteiger charge is 2.16. The number of amides is 1. The SMILES string of the molecule is C#Cc1cccc([N+](=O)[O-])c1NCCCCCNC(=O)OC(C)(C)C. The second-order valence-electron chi connectivity index (χ2n) is 6.52. The first-order valence-corrected chi connectivity index (χ1v) is 8.19. The number of alkyl carbamates (subject to hydrolysis) is 1. The van der Waals surface area contributed by atoms with Crippen molar-refractivity contribution < 1.29 is 14.5 Å². The van der Waals surface area contributed by atoms with Crippen LogP contribution in [0.25, 0.3) is 0 Å². The Hall–Kier alpha value is -2.75. The third-order valence-corrected chi connectivity index (χ3v) is 3.22. The van der Waals surface area contributed by atoms with Gasteiger partial charge in [-0.15, -0.1) is 6.42 Å². The van der Waals surface area contributed by atoms with Gasteiger partial charge in [0.2, 0.25) is 0 Å². The van der Waals surface area contributed by atoms with E-state index in [0.29, 0.717) is 24.3 Å². The molecule has 7 heteroatoms. The zero-order valence-electron chi connectivity index (χ0n) is 14.9. The van der Waals surface area contributed by atoms with Gasteiger partial charge in [0.1, 0.15) is 11.3 Å². The molecule has 0 heterocycles. The van der Waals surface area contributed by atoms with Crippen molar-refractivity contribution in [3.8, 4) is 12.3 Å². The minimum Gasteiger partial charge on any atom is -0.444 e. The van der Waals surface area contributed by atoms with E-state index in [2.05, 4.69) is 16.6 Å². The van der Waals surface area contributed by atoms with Crippen LogP contribution in [0.4, 0.5) is 16.2 Å². The van der Waals surface area contributed by atoms with E-state index < -0.39 is 16.6 Å². The molecular formula is C18H25N3O4. The van der Waals surface area contributed by atoms with Crippen LogP contribution in [0, 0.1) is 22.5 Å². The topological polar surface area (TPSA) is 93.5 Å². The molecule has 0 aliphatic carbocycles. The number of nitro groups is 1. The van der Waals surface area contributed by atoms with E-state index in [1.54, 1.807) is 12.1 Å². The number of nitrogens with zero attached hydrogens (tertiary/aromatic N) is 1. The molecule has 136 valence electrons. The second kappa shape index (κ2) is 9.52. The van der Waals surface area contributed by atoms with Gasteiger partial charge >= 0.3 is 6.09 Å². The Labute approximate surface area is 148 Å². The van der Waals surface area contributed by atoms with Gasteiger partial charge in [0.25, 0.3) is 5.69 Å². The van der Waals surface area contributed by atoms with Crippen molar-refractivity contribution in [3.05, 3.63) is 33.9 Å². The van der Waals surface area contributed by atoms with Gasteiger partial charge in [0, 0.05) is 19.2 Å². The summed E-state index contributed by atoms with van der Waals surface area (Å²) in [5.74, 6) is 2.45. The fourth-order valence-corrected chi connectivity index (χ4v) is 2.14. The quantitative estimate of drug-likeness (QED) is 0.324. The number of carbonyl (C=O) groups excluding carboxylic acids is 1. The van der Waals surface area contributed by atoms with E-state index in [-0.39, 0.29) is 5.69 Å². The monoisotopic (exact) mass is 347 g/mol. The van der Waals surface area contributed by atoms with Gasteiger partial charge in [-0.05, 0) is 46.1 Å². The van der Waals surface area contributed by atoms with E-state index in [0.717, 1.165) is 19.3 Å². The first-order chi connectivity index (χ1) is 11.7. The van der Waals surface area contributed by atoms with Gasteiger partial charge in [-0.1, -0.05) is 12.0 Å². The number of ether oxygens (including phenoxy) is 1. The van der Waals surface area contributed by atoms with Gasteiger partial charge in [0.15, 0.2) is 0 Å². The molecule has 0 radical (unpaired) electrons. The normalized spacial score (nSPS) is 10.6. The maximum Gasteiger partial charge on any atom is 0.407 e. The molecule has 25 heavy (non-hydrogen) atoms. The summed E-state index contributed by atoms with van der Waals surface area (Å²) in [6.45, 7) is 6.52. The third kappa shape index (κ3) is 7.57. The molecule has 0 fully saturated rings. The molecule has 0 aliphatic heterocycles. The highest BCUT2D eigenvalue weighted by atomic mass is 16.6. The zero-order valence-corrected chi connectivity index (χ0v) is 14.9. The number of rotatable bonds is 8. The molecule has 0 saturated heterocycles. The molecule has 0 saturated carbocycles. The summed E-state index contributed by atoms with van der Waals surface area (Å²) in [4.78, 5) is 22.1. The largest absolute Gasteiger partial charge is 0.444 e. The van der Waals surface area contributed by atoms with Crippen molar-refractivity contribution in [2.75, 3.05) is 18.4 Å². The van der Waals surface area contributed by atoms with Gasteiger partial charge < -0.3 is 15.4 Å². The average molecular weight is 347 g/mol. The summed E-state index contributed by atoms with van der Waals surface area (Å²) >= 11 is 0. The molecule has 1 aromatic carbocycles. The fraction of sp³-hybridized carbons (Fsp3) is 0.500. The van der Waals surface area contributed by atoms with Crippen molar-refractivity contribution in [3.63, 3.8) is 0 Å². The van der Waals surface area contributed by atoms with Crippen molar-refractivity contribution in [2.45, 2.75) is 45.6 Å². The second-order valence-corrected chi connectivity index (χ2v) is 6.52. The number of benzene rings is 1. The highest BCUT2D eigenvalue weighted by Crippen LogP contribution is 2.27. The Balaban J connectivity index is 2.32. The van der Waals surface area contributed by atoms with Crippen LogP contribution in [0.5, 0.6) is 0 Å². The Morgan fingerprint density at radius 2 is 1.96 bits per heavy atom. The maximum absolute atomic E-state index is 11.5. The first-order valence-electron chi connectivity index (χ1n) is 8.19. The molecular weight excluding hydrogens is 322 g/mol. The van der Waals surface area contributed by atoms with Gasteiger partial charge in [-0.3, -0.25) is 10.1 Å². The lowest BCUT2D eigenvalue weighted by molar-refractivity contribution is -0.384. The number of nitro benzene ring substituents is 1. The molecule has 1 aromatic rings. The average Bonchev–Trinajstić information content (AvgIpc) is 2.51. The summed E-state index contributed by atoms with van der Waals surface area (Å²) in [5, 5.41) is 16.8. The number of hydrogen-bond donors (Lipinski definition) is 2. The Bertz CT molecular complexity index is 645. The van der Waals surface area contributed by atoms with Crippen molar-refractivity contribution in [1.29, 1.82) is 0 Å². The number of terminal acetylenes is 1. The molecule has 1 rings (SSSR count). The van der Waals surface area contributed by atoms with E-state index in [9.17, 15) is 14.9 Å². The molecule has 2 N–H and O–H groups in total. The molecule has 0 aliphatic rings. The van der Waals surface area contributed by atoms with Crippen LogP contribution in [-0.4, -0.2) is 29.7 Å². The number of carbonyl (C=O) groups is 1. The molecule has 0 aromatic heterocycles. The minimum absolute atomic E-state index is 0.0259. The summed E-state index contributed by atoms with van der Waals surface area (Å²) in [6.07, 6.45) is 7.42. The van der Waals surface area contributed by atoms with Crippen LogP contribution in [0.3, 0.4) is 0 Å². The van der Waals surface area contributed by atoms with E-state index in [1.165, 1.54) is 6.07 Å². The lowest BCUT2D eigenvalue weighted by Gasteiger charge is -2.19. The first kappa shape index (κ1) is 20.3. The Kier molecular flexibility index (Phi) is 7.73. The number of hydrogen-bond acceptors (Lipinski definition) is 5. The predicted molar refractivity (Wildman–Crippen MR) is 97.6 cm³/mol. The van der Waals surface area contributed by atoms with Crippen molar-refractivity contribution in [1.82, 2.24) is 5.32 Å². The van der Waals surface area contributed by atoms with Gasteiger partial charge in [-0.2, -0.15) is 0 Å². The minimum atomic E-state index is -0.507. The number of anilines is 1. The van der Waals surface area contributed by atoms with Crippen LogP contribution < -0.4 is 10.6 Å². The summed E-state index contributed by atoms with van der Waals surface area (Å²) in [6, 6.07) is 4.66. The van der Waals surface area contributed by atoms with Gasteiger partial charge in [0.05, 0.1) is 10.5 Å². The van der Waals surface area contributed by atoms with Crippen molar-refractivity contribution in [2.24, 2.45) is 0 Å². The number of para-hydroxylation sites is 1. The van der Waals surface area contributed by atoms with Crippen LogP contribution >= 0.6 is 0 Å². The summed E-state index contributed by atoms with van der Waals surface area (Å²) in [5.41, 5.74) is 0.317. The number of nitrogens with one attached hydrogen (secondary N) is 2. The predicted octanol–water partition coefficient (Wildman–Crippen LogP) is 3.68. The van der Waals surface area contributed by atoms with Crippen molar-refractivity contribution >= 4 is 17.5 Å². The lowest BCUT2D eigenvalue weighted by atomic mass is 10.1. The third-order valence-electron chi connectivity index (χ3n) is 3.22. The Morgan fingerprint density at radius 3 is 2.56 bits per heavy atom. The number of unbranched alkanes of at least 4 members (excludes halogenated alkanes) is 2. The standard InChI is InChI=1S/C18H25N3O4/c1-5-14-10-9-11-15(21(23)24)16(14)19-12-7-6-8-13-20-17(22)25-18(2,3)4/h1,9-11,19H,6-8,12-13H2,2-4H3,(H,20,22). The summed E-state index contributed by atoms with van der Waals surface area (Å²) in [7, 11) is 0. The molecule has 0 atom stereocenters. The van der Waals surface area contributed by atoms with Crippen LogP contribution in [0.1, 0.15) is 45.6 Å². The van der Waals surface area contributed by atoms with E-state index >= 15 is 0 Å². The smallest absolute Gasteiger partial charge is 0.407 e. The van der Waals surface area contributed by atoms with E-state index in [1.807, 2.05) is 20.8 Å². The van der Waals surface area contributed by atoms with E-state index in [4.69, 9.17) is 11.2 Å². The highest BCUT2D eigenvalue weighted by molar-refractivity contribution is 5.70. The zero-order chi connectivity index (χ0) is 18.9. The fourth-order valence-electron chi connectivity index (χ4n) is 2.14. The molecule has 0 unspecified atom stereocenters. The summed E-state index contributed by atoms with van der Waals surface area (Å²) < 4.78 is 5.14. The Morgan fingerprint density at radius 1 is 1.28 bits per heavy atom. The lowest BCUT2D eigenvalue weighted by Crippen LogP contribution is -2.33. The maximum atomic E-state index is 11.5. The molecule has 1 amide bonds.